The molecule has 0 unspecified atom stereocenters. The molecule has 1 aromatic rings. The number of amides is 2. The van der Waals surface area contributed by atoms with Crippen molar-refractivity contribution >= 4 is 29.4 Å². The third kappa shape index (κ3) is 9.98. The molecular weight excluding hydrogens is 352 g/mol. The van der Waals surface area contributed by atoms with Crippen LogP contribution in [0.3, 0.4) is 0 Å². The molecule has 27 heavy (non-hydrogen) atoms. The number of ether oxygens (including phenoxy) is 2. The summed E-state index contributed by atoms with van der Waals surface area (Å²) in [4.78, 5) is 46.0. The predicted octanol–water partition coefficient (Wildman–Crippen LogP) is 2.68. The van der Waals surface area contributed by atoms with E-state index in [1.54, 1.807) is 45.0 Å². The molecule has 0 aliphatic heterocycles. The van der Waals surface area contributed by atoms with E-state index in [1.807, 2.05) is 0 Å². The minimum Gasteiger partial charge on any atom is -0.457 e. The van der Waals surface area contributed by atoms with Crippen molar-refractivity contribution in [3.05, 3.63) is 29.8 Å². The SMILES string of the molecule is CC(=O)Nc1ccc(C(=O)COC(=O)CCCNC(=O)OC(C)(C)C)cc1. The molecule has 0 aliphatic rings. The smallest absolute Gasteiger partial charge is 0.407 e. The van der Waals surface area contributed by atoms with E-state index < -0.39 is 17.7 Å². The second-order valence-electron chi connectivity index (χ2n) is 6.87. The molecule has 0 aromatic heterocycles. The van der Waals surface area contributed by atoms with Crippen LogP contribution in [0.15, 0.2) is 24.3 Å². The van der Waals surface area contributed by atoms with Gasteiger partial charge in [0.2, 0.25) is 5.91 Å². The van der Waals surface area contributed by atoms with Crippen LogP contribution < -0.4 is 10.6 Å². The normalized spacial score (nSPS) is 10.7. The highest BCUT2D eigenvalue weighted by Crippen LogP contribution is 2.10. The summed E-state index contributed by atoms with van der Waals surface area (Å²) in [7, 11) is 0. The van der Waals surface area contributed by atoms with Crippen LogP contribution in [0.25, 0.3) is 0 Å². The Kier molecular flexibility index (Phi) is 8.44. The summed E-state index contributed by atoms with van der Waals surface area (Å²) in [6.45, 7) is 6.57. The number of esters is 1. The van der Waals surface area contributed by atoms with Gasteiger partial charge in [-0.3, -0.25) is 14.4 Å². The topological polar surface area (TPSA) is 111 Å². The number of nitrogens with one attached hydrogen (secondary N) is 2. The zero-order valence-corrected chi connectivity index (χ0v) is 16.1. The fraction of sp³-hybridized carbons (Fsp3) is 0.474. The first-order valence-electron chi connectivity index (χ1n) is 8.60. The first-order valence-corrected chi connectivity index (χ1v) is 8.60. The van der Waals surface area contributed by atoms with Gasteiger partial charge in [0.25, 0.3) is 0 Å². The highest BCUT2D eigenvalue weighted by molar-refractivity contribution is 5.98. The second kappa shape index (κ2) is 10.3. The average Bonchev–Trinajstić information content (AvgIpc) is 2.55. The molecule has 8 nitrogen and oxygen atoms in total. The lowest BCUT2D eigenvalue weighted by molar-refractivity contribution is -0.142. The number of alkyl carbamates (subject to hydrolysis) is 1. The summed E-state index contributed by atoms with van der Waals surface area (Å²) in [6.07, 6.45) is -0.101. The van der Waals surface area contributed by atoms with Crippen LogP contribution in [-0.4, -0.2) is 42.5 Å². The predicted molar refractivity (Wildman–Crippen MR) is 99.5 cm³/mol. The summed E-state index contributed by atoms with van der Waals surface area (Å²) in [5, 5.41) is 5.13. The highest BCUT2D eigenvalue weighted by Gasteiger charge is 2.16. The van der Waals surface area contributed by atoms with Crippen LogP contribution in [-0.2, 0) is 19.1 Å². The number of hydrogen-bond donors (Lipinski definition) is 2. The maximum absolute atomic E-state index is 12.0. The third-order valence-electron chi connectivity index (χ3n) is 3.12. The number of anilines is 1. The van der Waals surface area contributed by atoms with Gasteiger partial charge in [0.1, 0.15) is 5.60 Å². The number of benzene rings is 1. The summed E-state index contributed by atoms with van der Waals surface area (Å²) in [6, 6.07) is 6.29. The van der Waals surface area contributed by atoms with E-state index in [0.717, 1.165) is 0 Å². The number of Topliss-reactive ketones (excluding diaryl/α,β-unsaturated/α-hetero) is 1. The maximum atomic E-state index is 12.0. The first kappa shape index (κ1) is 22.1. The Morgan fingerprint density at radius 1 is 1.04 bits per heavy atom. The van der Waals surface area contributed by atoms with E-state index in [-0.39, 0.29) is 31.3 Å². The van der Waals surface area contributed by atoms with Gasteiger partial charge in [-0.1, -0.05) is 0 Å². The molecule has 0 heterocycles. The third-order valence-corrected chi connectivity index (χ3v) is 3.12. The van der Waals surface area contributed by atoms with Crippen molar-refractivity contribution < 1.29 is 28.7 Å². The summed E-state index contributed by atoms with van der Waals surface area (Å²) in [5.41, 5.74) is 0.376. The Balaban J connectivity index is 2.26. The van der Waals surface area contributed by atoms with E-state index in [4.69, 9.17) is 9.47 Å². The second-order valence-corrected chi connectivity index (χ2v) is 6.87. The zero-order chi connectivity index (χ0) is 20.4. The Hall–Kier alpha value is -2.90. The number of rotatable bonds is 8. The molecule has 0 saturated heterocycles. The number of ketones is 1. The Bertz CT molecular complexity index is 676. The number of carbonyl (C=O) groups is 4. The van der Waals surface area contributed by atoms with E-state index in [0.29, 0.717) is 17.7 Å². The molecule has 2 N–H and O–H groups in total. The van der Waals surface area contributed by atoms with Gasteiger partial charge in [0.05, 0.1) is 0 Å². The van der Waals surface area contributed by atoms with Gasteiger partial charge in [0.15, 0.2) is 12.4 Å². The van der Waals surface area contributed by atoms with Crippen molar-refractivity contribution in [2.45, 2.75) is 46.1 Å². The highest BCUT2D eigenvalue weighted by atomic mass is 16.6. The van der Waals surface area contributed by atoms with Gasteiger partial charge in [0, 0.05) is 31.1 Å². The number of hydrogen-bond acceptors (Lipinski definition) is 6. The Morgan fingerprint density at radius 2 is 1.67 bits per heavy atom. The minimum absolute atomic E-state index is 0.0740. The molecule has 0 bridgehead atoms. The summed E-state index contributed by atoms with van der Waals surface area (Å²) < 4.78 is 10.0. The van der Waals surface area contributed by atoms with Crippen molar-refractivity contribution in [3.8, 4) is 0 Å². The average molecular weight is 378 g/mol. The molecule has 0 radical (unpaired) electrons. The quantitative estimate of drug-likeness (QED) is 0.409. The van der Waals surface area contributed by atoms with E-state index in [9.17, 15) is 19.2 Å². The van der Waals surface area contributed by atoms with Gasteiger partial charge in [-0.15, -0.1) is 0 Å². The van der Waals surface area contributed by atoms with Crippen molar-refractivity contribution in [2.24, 2.45) is 0 Å². The van der Waals surface area contributed by atoms with Crippen LogP contribution in [0.2, 0.25) is 0 Å². The molecule has 0 saturated carbocycles. The molecule has 2 amide bonds. The first-order chi connectivity index (χ1) is 12.6. The van der Waals surface area contributed by atoms with E-state index in [2.05, 4.69) is 10.6 Å². The van der Waals surface area contributed by atoms with Crippen molar-refractivity contribution in [3.63, 3.8) is 0 Å². The lowest BCUT2D eigenvalue weighted by Gasteiger charge is -2.19. The molecule has 1 aromatic carbocycles. The van der Waals surface area contributed by atoms with Gasteiger partial charge in [-0.2, -0.15) is 0 Å². The molecular formula is C19H26N2O6. The van der Waals surface area contributed by atoms with E-state index in [1.165, 1.54) is 6.92 Å². The standard InChI is InChI=1S/C19H26N2O6/c1-13(22)21-15-9-7-14(8-10-15)16(23)12-26-17(24)6-5-11-20-18(25)27-19(2,3)4/h7-10H,5-6,11-12H2,1-4H3,(H,20,25)(H,21,22). The molecule has 148 valence electrons. The fourth-order valence-electron chi connectivity index (χ4n) is 1.98. The molecule has 0 fully saturated rings. The molecule has 0 aliphatic carbocycles. The monoisotopic (exact) mass is 378 g/mol. The zero-order valence-electron chi connectivity index (χ0n) is 16.1. The van der Waals surface area contributed by atoms with Gasteiger partial charge in [-0.05, 0) is 51.5 Å². The molecule has 0 atom stereocenters. The minimum atomic E-state index is -0.580. The lowest BCUT2D eigenvalue weighted by atomic mass is 10.1. The molecule has 8 heteroatoms. The molecule has 0 spiro atoms. The molecule has 1 rings (SSSR count). The van der Waals surface area contributed by atoms with E-state index >= 15 is 0 Å². The van der Waals surface area contributed by atoms with Crippen LogP contribution in [0.1, 0.15) is 50.9 Å². The van der Waals surface area contributed by atoms with Crippen LogP contribution in [0.4, 0.5) is 10.5 Å². The van der Waals surface area contributed by atoms with Crippen LogP contribution in [0.5, 0.6) is 0 Å². The van der Waals surface area contributed by atoms with Gasteiger partial charge >= 0.3 is 12.1 Å². The Labute approximate surface area is 158 Å². The van der Waals surface area contributed by atoms with Crippen molar-refractivity contribution in [1.82, 2.24) is 5.32 Å². The van der Waals surface area contributed by atoms with Gasteiger partial charge in [-0.25, -0.2) is 4.79 Å². The van der Waals surface area contributed by atoms with Crippen molar-refractivity contribution in [1.29, 1.82) is 0 Å². The van der Waals surface area contributed by atoms with Crippen LogP contribution >= 0.6 is 0 Å². The summed E-state index contributed by atoms with van der Waals surface area (Å²) in [5.74, 6) is -1.07. The maximum Gasteiger partial charge on any atom is 0.407 e. The largest absolute Gasteiger partial charge is 0.457 e. The lowest BCUT2D eigenvalue weighted by Crippen LogP contribution is -2.33. The Morgan fingerprint density at radius 3 is 2.22 bits per heavy atom. The fourth-order valence-corrected chi connectivity index (χ4v) is 1.98. The summed E-state index contributed by atoms with van der Waals surface area (Å²) >= 11 is 0. The van der Waals surface area contributed by atoms with Gasteiger partial charge < -0.3 is 20.1 Å². The van der Waals surface area contributed by atoms with Crippen molar-refractivity contribution in [2.75, 3.05) is 18.5 Å². The van der Waals surface area contributed by atoms with Crippen LogP contribution in [0, 0.1) is 0 Å². The number of carbonyl (C=O) groups excluding carboxylic acids is 4.